The molecule has 0 bridgehead atoms. The van der Waals surface area contributed by atoms with Gasteiger partial charge in [0.05, 0.1) is 6.26 Å². The third kappa shape index (κ3) is 6.49. The second kappa shape index (κ2) is 8.94. The Morgan fingerprint density at radius 1 is 1.45 bits per heavy atom. The molecule has 0 aliphatic carbocycles. The average molecular weight is 307 g/mol. The van der Waals surface area contributed by atoms with E-state index in [1.165, 1.54) is 6.26 Å². The molecule has 0 radical (unpaired) electrons. The van der Waals surface area contributed by atoms with Crippen molar-refractivity contribution in [2.24, 2.45) is 11.8 Å². The smallest absolute Gasteiger partial charge is 0.211 e. The van der Waals surface area contributed by atoms with Crippen LogP contribution in [0.5, 0.6) is 0 Å². The van der Waals surface area contributed by atoms with E-state index in [0.29, 0.717) is 25.6 Å². The molecule has 1 heterocycles. The van der Waals surface area contributed by atoms with Gasteiger partial charge in [0.25, 0.3) is 0 Å². The van der Waals surface area contributed by atoms with Crippen LogP contribution in [0.15, 0.2) is 0 Å². The van der Waals surface area contributed by atoms with E-state index in [2.05, 4.69) is 12.3 Å². The van der Waals surface area contributed by atoms with Gasteiger partial charge in [-0.25, -0.2) is 12.7 Å². The largest absolute Gasteiger partial charge is 0.381 e. The predicted molar refractivity (Wildman–Crippen MR) is 80.6 cm³/mol. The fourth-order valence-corrected chi connectivity index (χ4v) is 3.61. The van der Waals surface area contributed by atoms with Crippen LogP contribution in [0.4, 0.5) is 0 Å². The second-order valence-corrected chi connectivity index (χ2v) is 7.61. The second-order valence-electron chi connectivity index (χ2n) is 5.63. The normalized spacial score (nSPS) is 22.9. The maximum Gasteiger partial charge on any atom is 0.211 e. The molecule has 1 aliphatic heterocycles. The van der Waals surface area contributed by atoms with Crippen molar-refractivity contribution in [1.29, 1.82) is 0 Å². The van der Waals surface area contributed by atoms with Gasteiger partial charge in [0.1, 0.15) is 0 Å². The molecule has 0 amide bonds. The first kappa shape index (κ1) is 17.8. The maximum atomic E-state index is 11.6. The van der Waals surface area contributed by atoms with Crippen molar-refractivity contribution >= 4 is 10.0 Å². The molecule has 2 unspecified atom stereocenters. The van der Waals surface area contributed by atoms with E-state index in [-0.39, 0.29) is 6.04 Å². The van der Waals surface area contributed by atoms with Crippen molar-refractivity contribution in [3.8, 4) is 0 Å². The van der Waals surface area contributed by atoms with Gasteiger partial charge >= 0.3 is 0 Å². The lowest BCUT2D eigenvalue weighted by Crippen LogP contribution is -2.43. The van der Waals surface area contributed by atoms with Crippen molar-refractivity contribution in [1.82, 2.24) is 9.73 Å². The first-order valence-electron chi connectivity index (χ1n) is 7.46. The van der Waals surface area contributed by atoms with Gasteiger partial charge in [0.15, 0.2) is 0 Å². The predicted octanol–water partition coefficient (Wildman–Crippen LogP) is 0.697. The molecule has 1 saturated heterocycles. The summed E-state index contributed by atoms with van der Waals surface area (Å²) in [5.74, 6) is 5.97. The van der Waals surface area contributed by atoms with Crippen LogP contribution < -0.4 is 11.3 Å². The summed E-state index contributed by atoms with van der Waals surface area (Å²) in [6, 6.07) is 0.191. The van der Waals surface area contributed by atoms with Crippen molar-refractivity contribution in [2.45, 2.75) is 45.1 Å². The van der Waals surface area contributed by atoms with Crippen LogP contribution in [-0.2, 0) is 14.8 Å². The molecule has 120 valence electrons. The minimum absolute atomic E-state index is 0.191. The summed E-state index contributed by atoms with van der Waals surface area (Å²) >= 11 is 0. The zero-order valence-corrected chi connectivity index (χ0v) is 13.5. The summed E-state index contributed by atoms with van der Waals surface area (Å²) in [4.78, 5) is 0. The highest BCUT2D eigenvalue weighted by Gasteiger charge is 2.27. The number of sulfonamides is 1. The van der Waals surface area contributed by atoms with Gasteiger partial charge in [0, 0.05) is 32.3 Å². The van der Waals surface area contributed by atoms with E-state index in [1.54, 1.807) is 4.31 Å². The van der Waals surface area contributed by atoms with Crippen LogP contribution in [-0.4, -0.2) is 51.3 Å². The number of hydrazine groups is 1. The number of ether oxygens (including phenoxy) is 1. The van der Waals surface area contributed by atoms with Crippen LogP contribution in [0.3, 0.4) is 0 Å². The lowest BCUT2D eigenvalue weighted by molar-refractivity contribution is 0.119. The Morgan fingerprint density at radius 3 is 2.80 bits per heavy atom. The van der Waals surface area contributed by atoms with Crippen LogP contribution >= 0.6 is 0 Å². The molecule has 3 N–H and O–H groups in total. The molecule has 20 heavy (non-hydrogen) atoms. The third-order valence-corrected chi connectivity index (χ3v) is 5.03. The molecular formula is C13H29N3O3S. The molecule has 1 fully saturated rings. The van der Waals surface area contributed by atoms with Gasteiger partial charge in [-0.2, -0.15) is 0 Å². The van der Waals surface area contributed by atoms with E-state index >= 15 is 0 Å². The van der Waals surface area contributed by atoms with Gasteiger partial charge in [-0.15, -0.1) is 0 Å². The molecule has 6 nitrogen and oxygen atoms in total. The standard InChI is InChI=1S/C13H29N3O3S/c1-3-8-19-9-6-13(15-14)10-12-5-4-7-16(11-12)20(2,17)18/h12-13,15H,3-11,14H2,1-2H3. The minimum Gasteiger partial charge on any atom is -0.381 e. The molecule has 1 rings (SSSR count). The number of nitrogens with two attached hydrogens (primary N) is 1. The van der Waals surface area contributed by atoms with Gasteiger partial charge < -0.3 is 4.74 Å². The fourth-order valence-electron chi connectivity index (χ4n) is 2.66. The Kier molecular flexibility index (Phi) is 7.98. The average Bonchev–Trinajstić information content (AvgIpc) is 2.41. The summed E-state index contributed by atoms with van der Waals surface area (Å²) < 4.78 is 30.3. The number of nitrogens with zero attached hydrogens (tertiary/aromatic N) is 1. The topological polar surface area (TPSA) is 84.7 Å². The lowest BCUT2D eigenvalue weighted by Gasteiger charge is -2.32. The first-order chi connectivity index (χ1) is 9.47. The van der Waals surface area contributed by atoms with Crippen molar-refractivity contribution in [2.75, 3.05) is 32.6 Å². The summed E-state index contributed by atoms with van der Waals surface area (Å²) in [7, 11) is -3.07. The minimum atomic E-state index is -3.07. The van der Waals surface area contributed by atoms with Gasteiger partial charge in [-0.1, -0.05) is 6.92 Å². The quantitative estimate of drug-likeness (QED) is 0.372. The van der Waals surface area contributed by atoms with E-state index < -0.39 is 10.0 Å². The number of hydrogen-bond donors (Lipinski definition) is 2. The van der Waals surface area contributed by atoms with Crippen LogP contribution in [0.2, 0.25) is 0 Å². The zero-order valence-electron chi connectivity index (χ0n) is 12.7. The SMILES string of the molecule is CCCOCCC(CC1CCCN(S(C)(=O)=O)C1)NN. The van der Waals surface area contributed by atoms with Crippen molar-refractivity contribution in [3.63, 3.8) is 0 Å². The Morgan fingerprint density at radius 2 is 2.20 bits per heavy atom. The summed E-state index contributed by atoms with van der Waals surface area (Å²) in [6.07, 6.45) is 6.07. The number of hydrogen-bond acceptors (Lipinski definition) is 5. The molecule has 0 spiro atoms. The summed E-state index contributed by atoms with van der Waals surface area (Å²) in [6.45, 7) is 4.83. The van der Waals surface area contributed by atoms with E-state index in [9.17, 15) is 8.42 Å². The molecule has 0 saturated carbocycles. The van der Waals surface area contributed by atoms with Gasteiger partial charge in [0.2, 0.25) is 10.0 Å². The Hall–Kier alpha value is -0.210. The van der Waals surface area contributed by atoms with Crippen LogP contribution in [0.25, 0.3) is 0 Å². The molecule has 0 aromatic rings. The van der Waals surface area contributed by atoms with Crippen LogP contribution in [0.1, 0.15) is 39.0 Å². The van der Waals surface area contributed by atoms with Gasteiger partial charge in [-0.05, 0) is 38.0 Å². The highest BCUT2D eigenvalue weighted by Crippen LogP contribution is 2.23. The highest BCUT2D eigenvalue weighted by atomic mass is 32.2. The lowest BCUT2D eigenvalue weighted by atomic mass is 9.91. The molecule has 2 atom stereocenters. The van der Waals surface area contributed by atoms with E-state index in [4.69, 9.17) is 10.6 Å². The number of nitrogens with one attached hydrogen (secondary N) is 1. The monoisotopic (exact) mass is 307 g/mol. The van der Waals surface area contributed by atoms with E-state index in [0.717, 1.165) is 38.7 Å². The van der Waals surface area contributed by atoms with Gasteiger partial charge in [-0.3, -0.25) is 11.3 Å². The van der Waals surface area contributed by atoms with Crippen LogP contribution in [0, 0.1) is 5.92 Å². The van der Waals surface area contributed by atoms with Crippen molar-refractivity contribution < 1.29 is 13.2 Å². The Balaban J connectivity index is 2.36. The Bertz CT molecular complexity index is 362. The van der Waals surface area contributed by atoms with Crippen molar-refractivity contribution in [3.05, 3.63) is 0 Å². The number of piperidine rings is 1. The molecule has 0 aromatic carbocycles. The summed E-state index contributed by atoms with van der Waals surface area (Å²) in [5, 5.41) is 0. The van der Waals surface area contributed by atoms with E-state index in [1.807, 2.05) is 0 Å². The molecular weight excluding hydrogens is 278 g/mol. The highest BCUT2D eigenvalue weighted by molar-refractivity contribution is 7.88. The molecule has 0 aromatic heterocycles. The number of rotatable bonds is 9. The molecule has 1 aliphatic rings. The Labute approximate surface area is 123 Å². The fraction of sp³-hybridized carbons (Fsp3) is 1.00. The molecule has 7 heteroatoms. The third-order valence-electron chi connectivity index (χ3n) is 3.76. The summed E-state index contributed by atoms with van der Waals surface area (Å²) in [5.41, 5.74) is 2.83. The zero-order chi connectivity index (χ0) is 15.0. The first-order valence-corrected chi connectivity index (χ1v) is 9.31. The maximum absolute atomic E-state index is 11.6.